The summed E-state index contributed by atoms with van der Waals surface area (Å²) in [4.78, 5) is 20.4. The molecule has 2 rings (SSSR count). The van der Waals surface area contributed by atoms with Gasteiger partial charge < -0.3 is 20.4 Å². The van der Waals surface area contributed by atoms with Crippen LogP contribution in [0.15, 0.2) is 60.7 Å². The zero-order valence-electron chi connectivity index (χ0n) is 17.7. The fraction of sp³-hybridized carbons (Fsp3) is 0.391. The van der Waals surface area contributed by atoms with Crippen LogP contribution in [0.2, 0.25) is 0 Å². The number of hydrogen-bond acceptors (Lipinski definition) is 4. The first-order valence-corrected chi connectivity index (χ1v) is 9.34. The summed E-state index contributed by atoms with van der Waals surface area (Å²) in [6.45, 7) is 9.32. The van der Waals surface area contributed by atoms with E-state index in [1.54, 1.807) is 67.6 Å². The Balaban J connectivity index is 0.000000408. The van der Waals surface area contributed by atoms with E-state index in [1.165, 1.54) is 0 Å². The van der Waals surface area contributed by atoms with Gasteiger partial charge in [-0.25, -0.2) is 9.59 Å². The van der Waals surface area contributed by atoms with Gasteiger partial charge in [0.05, 0.1) is 22.8 Å². The molecule has 2 unspecified atom stereocenters. The van der Waals surface area contributed by atoms with E-state index in [9.17, 15) is 19.8 Å². The molecular weight excluding hydrogens is 372 g/mol. The molecule has 160 valence electrons. The van der Waals surface area contributed by atoms with Gasteiger partial charge in [0.1, 0.15) is 0 Å². The van der Waals surface area contributed by atoms with Gasteiger partial charge in [0, 0.05) is 0 Å². The topological polar surface area (TPSA) is 115 Å². The molecule has 0 aliphatic rings. The Morgan fingerprint density at radius 2 is 1.14 bits per heavy atom. The van der Waals surface area contributed by atoms with Crippen LogP contribution >= 0.6 is 0 Å². The Morgan fingerprint density at radius 1 is 0.828 bits per heavy atom. The first-order chi connectivity index (χ1) is 13.4. The van der Waals surface area contributed by atoms with Gasteiger partial charge in [0.2, 0.25) is 0 Å². The summed E-state index contributed by atoms with van der Waals surface area (Å²) in [5.41, 5.74) is -0.571. The first-order valence-electron chi connectivity index (χ1n) is 9.34. The highest BCUT2D eigenvalue weighted by Gasteiger charge is 2.42. The minimum Gasteiger partial charge on any atom is -0.478 e. The molecule has 2 aromatic carbocycles. The predicted molar refractivity (Wildman–Crippen MR) is 113 cm³/mol. The average molecular weight is 405 g/mol. The van der Waals surface area contributed by atoms with Gasteiger partial charge in [-0.2, -0.15) is 0 Å². The Kier molecular flexibility index (Phi) is 10.9. The molecule has 2 aromatic rings. The third-order valence-electron chi connectivity index (χ3n) is 4.57. The van der Waals surface area contributed by atoms with Crippen LogP contribution in [-0.4, -0.2) is 44.1 Å². The third kappa shape index (κ3) is 8.89. The maximum atomic E-state index is 10.2. The fourth-order valence-electron chi connectivity index (χ4n) is 2.61. The van der Waals surface area contributed by atoms with Crippen molar-refractivity contribution in [2.75, 3.05) is 0 Å². The van der Waals surface area contributed by atoms with Crippen molar-refractivity contribution in [2.45, 2.75) is 52.7 Å². The van der Waals surface area contributed by atoms with Crippen LogP contribution in [0, 0.1) is 5.41 Å². The Bertz CT molecular complexity index is 685. The summed E-state index contributed by atoms with van der Waals surface area (Å²) in [5, 5.41) is 36.1. The van der Waals surface area contributed by atoms with Gasteiger partial charge >= 0.3 is 11.9 Å². The van der Waals surface area contributed by atoms with E-state index >= 15 is 0 Å². The van der Waals surface area contributed by atoms with E-state index in [0.29, 0.717) is 17.5 Å². The molecule has 0 aromatic heterocycles. The van der Waals surface area contributed by atoms with Crippen LogP contribution in [0.4, 0.5) is 0 Å². The van der Waals surface area contributed by atoms with Crippen molar-refractivity contribution in [3.05, 3.63) is 71.8 Å². The van der Waals surface area contributed by atoms with Crippen molar-refractivity contribution in [1.29, 1.82) is 0 Å². The highest BCUT2D eigenvalue weighted by atomic mass is 16.4. The highest BCUT2D eigenvalue weighted by Crippen LogP contribution is 2.35. The van der Waals surface area contributed by atoms with Crippen LogP contribution in [-0.2, 0) is 0 Å². The average Bonchev–Trinajstić information content (AvgIpc) is 2.68. The van der Waals surface area contributed by atoms with Gasteiger partial charge in [-0.1, -0.05) is 64.1 Å². The second-order valence-electron chi connectivity index (χ2n) is 7.55. The molecule has 0 saturated heterocycles. The van der Waals surface area contributed by atoms with E-state index in [4.69, 9.17) is 10.2 Å². The molecule has 4 N–H and O–H groups in total. The molecule has 0 heterocycles. The summed E-state index contributed by atoms with van der Waals surface area (Å²) in [6.07, 6.45) is -0.0961. The lowest BCUT2D eigenvalue weighted by Crippen LogP contribution is -2.50. The van der Waals surface area contributed by atoms with E-state index in [-0.39, 0.29) is 5.41 Å². The van der Waals surface area contributed by atoms with Gasteiger partial charge in [0.15, 0.2) is 0 Å². The van der Waals surface area contributed by atoms with E-state index in [1.807, 2.05) is 27.7 Å². The van der Waals surface area contributed by atoms with E-state index in [0.717, 1.165) is 0 Å². The molecule has 0 amide bonds. The number of benzene rings is 2. The fourth-order valence-corrected chi connectivity index (χ4v) is 2.61. The van der Waals surface area contributed by atoms with Crippen LogP contribution in [0.1, 0.15) is 61.8 Å². The second kappa shape index (κ2) is 12.0. The standard InChI is InChI=1S/C9H20O2.2C7H6O2/c1-6-9(11,7(2)10)8(3,4)5;2*8-7(9)6-4-2-1-3-5-6/h7,10-11H,6H2,1-5H3;2*1-5H,(H,8,9). The number of carbonyl (C=O) groups is 2. The van der Waals surface area contributed by atoms with E-state index in [2.05, 4.69) is 0 Å². The van der Waals surface area contributed by atoms with Crippen molar-refractivity contribution in [2.24, 2.45) is 5.41 Å². The third-order valence-corrected chi connectivity index (χ3v) is 4.57. The molecule has 0 aliphatic carbocycles. The van der Waals surface area contributed by atoms with Crippen molar-refractivity contribution in [3.8, 4) is 0 Å². The van der Waals surface area contributed by atoms with Crippen LogP contribution in [0.3, 0.4) is 0 Å². The molecule has 6 heteroatoms. The van der Waals surface area contributed by atoms with Crippen molar-refractivity contribution in [1.82, 2.24) is 0 Å². The van der Waals surface area contributed by atoms with Gasteiger partial charge in [-0.3, -0.25) is 0 Å². The Hall–Kier alpha value is -2.70. The molecule has 0 saturated carbocycles. The molecule has 0 radical (unpaired) electrons. The molecule has 2 atom stereocenters. The molecule has 0 spiro atoms. The normalized spacial score (nSPS) is 13.5. The number of hydrogen-bond donors (Lipinski definition) is 4. The summed E-state index contributed by atoms with van der Waals surface area (Å²) in [7, 11) is 0. The second-order valence-corrected chi connectivity index (χ2v) is 7.55. The maximum Gasteiger partial charge on any atom is 0.335 e. The summed E-state index contributed by atoms with van der Waals surface area (Å²) >= 11 is 0. The monoisotopic (exact) mass is 404 g/mol. The van der Waals surface area contributed by atoms with E-state index < -0.39 is 23.6 Å². The SMILES string of the molecule is CCC(O)(C(C)O)C(C)(C)C.O=C(O)c1ccccc1.O=C(O)c1ccccc1. The van der Waals surface area contributed by atoms with Gasteiger partial charge in [0.25, 0.3) is 0 Å². The molecule has 0 aliphatic heterocycles. The predicted octanol–water partition coefficient (Wildman–Crippen LogP) is 4.32. The lowest BCUT2D eigenvalue weighted by molar-refractivity contribution is -0.137. The minimum absolute atomic E-state index is 0.268. The van der Waals surface area contributed by atoms with Crippen molar-refractivity contribution >= 4 is 11.9 Å². The zero-order valence-corrected chi connectivity index (χ0v) is 17.7. The summed E-state index contributed by atoms with van der Waals surface area (Å²) in [6, 6.07) is 16.6. The Morgan fingerprint density at radius 3 is 1.24 bits per heavy atom. The molecule has 0 bridgehead atoms. The molecule has 0 fully saturated rings. The van der Waals surface area contributed by atoms with Crippen molar-refractivity contribution in [3.63, 3.8) is 0 Å². The van der Waals surface area contributed by atoms with Crippen LogP contribution < -0.4 is 0 Å². The minimum atomic E-state index is -0.965. The van der Waals surface area contributed by atoms with Gasteiger partial charge in [-0.15, -0.1) is 0 Å². The number of aliphatic hydroxyl groups excluding tert-OH is 1. The first kappa shape index (κ1) is 26.3. The number of carboxylic acid groups (broad SMARTS) is 2. The largest absolute Gasteiger partial charge is 0.478 e. The summed E-state index contributed by atoms with van der Waals surface area (Å²) < 4.78 is 0. The highest BCUT2D eigenvalue weighted by molar-refractivity contribution is 5.87. The lowest BCUT2D eigenvalue weighted by Gasteiger charge is -2.42. The zero-order chi connectivity index (χ0) is 22.7. The smallest absolute Gasteiger partial charge is 0.335 e. The van der Waals surface area contributed by atoms with Crippen LogP contribution in [0.25, 0.3) is 0 Å². The summed E-state index contributed by atoms with van der Waals surface area (Å²) in [5.74, 6) is -1.76. The molecule has 6 nitrogen and oxygen atoms in total. The van der Waals surface area contributed by atoms with Gasteiger partial charge in [-0.05, 0) is 43.0 Å². The van der Waals surface area contributed by atoms with Crippen molar-refractivity contribution < 1.29 is 30.0 Å². The lowest BCUT2D eigenvalue weighted by atomic mass is 9.72. The molecule has 29 heavy (non-hydrogen) atoms. The Labute approximate surface area is 172 Å². The maximum absolute atomic E-state index is 10.2. The number of rotatable bonds is 4. The molecular formula is C23H32O6. The van der Waals surface area contributed by atoms with Crippen LogP contribution in [0.5, 0.6) is 0 Å². The number of aliphatic hydroxyl groups is 2. The number of carboxylic acids is 2. The quantitative estimate of drug-likeness (QED) is 0.603. The number of aromatic carboxylic acids is 2.